The molecule has 6 rings (SSSR count). The van der Waals surface area contributed by atoms with E-state index in [0.717, 1.165) is 51.4 Å². The van der Waals surface area contributed by atoms with Crippen molar-refractivity contribution in [1.82, 2.24) is 19.8 Å². The molecule has 2 unspecified atom stereocenters. The summed E-state index contributed by atoms with van der Waals surface area (Å²) in [6.45, 7) is 13.0. The van der Waals surface area contributed by atoms with Gasteiger partial charge in [0.25, 0.3) is 0 Å². The second-order valence-corrected chi connectivity index (χ2v) is 12.7. The van der Waals surface area contributed by atoms with Crippen LogP contribution in [0.2, 0.25) is 0 Å². The number of Topliss-reactive ketones (excluding diaryl/α,β-unsaturated/α-hetero) is 1. The smallest absolute Gasteiger partial charge is 0.225 e. The maximum Gasteiger partial charge on any atom is 0.225 e. The van der Waals surface area contributed by atoms with Gasteiger partial charge in [0.1, 0.15) is 5.78 Å². The first-order valence-corrected chi connectivity index (χ1v) is 13.8. The summed E-state index contributed by atoms with van der Waals surface area (Å²) in [6, 6.07) is 1.73. The lowest BCUT2D eigenvalue weighted by atomic mass is 9.51. The third-order valence-corrected chi connectivity index (χ3v) is 9.67. The fourth-order valence-corrected chi connectivity index (χ4v) is 7.67. The molecule has 0 amide bonds. The summed E-state index contributed by atoms with van der Waals surface area (Å²) < 4.78 is 0. The highest BCUT2D eigenvalue weighted by atomic mass is 16.1. The molecule has 4 bridgehead atoms. The molecule has 2 saturated heterocycles. The minimum Gasteiger partial charge on any atom is -0.332 e. The fourth-order valence-electron chi connectivity index (χ4n) is 7.67. The van der Waals surface area contributed by atoms with Gasteiger partial charge < -0.3 is 9.80 Å². The number of piperazine rings is 1. The molecule has 0 radical (unpaired) electrons. The molecule has 0 N–H and O–H groups in total. The van der Waals surface area contributed by atoms with Crippen LogP contribution in [0.5, 0.6) is 0 Å². The van der Waals surface area contributed by atoms with Gasteiger partial charge in [-0.15, -0.1) is 0 Å². The van der Waals surface area contributed by atoms with Crippen LogP contribution in [0.15, 0.2) is 12.4 Å². The van der Waals surface area contributed by atoms with Crippen molar-refractivity contribution in [1.29, 1.82) is 0 Å². The summed E-state index contributed by atoms with van der Waals surface area (Å²) in [5.41, 5.74) is 1.59. The standard InChI is InChI=1S/C28H45N5O/c1-20(2)25(34)28-11-8-27(9-12-28,10-13-28)19-31(5)16-22-14-29-26(30-15-22)33-23-6-7-24(33)18-32(17-23)21(3)4/h14-15,20-21,23-24H,6-13,16-19H2,1-5H3. The highest BCUT2D eigenvalue weighted by molar-refractivity contribution is 5.86. The minimum absolute atomic E-state index is 0.00176. The van der Waals surface area contributed by atoms with Crippen LogP contribution >= 0.6 is 0 Å². The van der Waals surface area contributed by atoms with E-state index >= 15 is 0 Å². The van der Waals surface area contributed by atoms with Crippen LogP contribution < -0.4 is 4.90 Å². The molecular weight excluding hydrogens is 422 g/mol. The van der Waals surface area contributed by atoms with Gasteiger partial charge in [0.2, 0.25) is 5.95 Å². The monoisotopic (exact) mass is 467 g/mol. The average molecular weight is 468 g/mol. The Balaban J connectivity index is 1.16. The molecule has 0 aromatic carbocycles. The molecule has 2 aliphatic heterocycles. The Labute approximate surface area is 206 Å². The van der Waals surface area contributed by atoms with Crippen molar-refractivity contribution in [3.05, 3.63) is 18.0 Å². The Bertz CT molecular complexity index is 843. The van der Waals surface area contributed by atoms with E-state index in [4.69, 9.17) is 9.97 Å². The van der Waals surface area contributed by atoms with Gasteiger partial charge in [0, 0.05) is 73.6 Å². The zero-order chi connectivity index (χ0) is 24.1. The number of fused-ring (bicyclic) bond motifs is 5. The molecule has 5 fully saturated rings. The molecule has 188 valence electrons. The fraction of sp³-hybridized carbons (Fsp3) is 0.821. The number of ketones is 1. The lowest BCUT2D eigenvalue weighted by Gasteiger charge is -2.54. The van der Waals surface area contributed by atoms with Crippen LogP contribution in [-0.2, 0) is 11.3 Å². The van der Waals surface area contributed by atoms with Gasteiger partial charge in [-0.3, -0.25) is 9.69 Å². The van der Waals surface area contributed by atoms with Crippen LogP contribution in [0.4, 0.5) is 5.95 Å². The number of hydrogen-bond acceptors (Lipinski definition) is 6. The predicted octanol–water partition coefficient (Wildman–Crippen LogP) is 4.54. The number of rotatable bonds is 8. The molecular formula is C28H45N5O. The number of likely N-dealkylation sites (tertiary alicyclic amines) is 1. The minimum atomic E-state index is -0.00176. The van der Waals surface area contributed by atoms with Crippen molar-refractivity contribution >= 4 is 11.7 Å². The van der Waals surface area contributed by atoms with Crippen LogP contribution in [0.25, 0.3) is 0 Å². The molecule has 1 aromatic rings. The third-order valence-electron chi connectivity index (χ3n) is 9.67. The number of aromatic nitrogens is 2. The first-order chi connectivity index (χ1) is 16.2. The highest BCUT2D eigenvalue weighted by Gasteiger charge is 2.52. The molecule has 3 aliphatic carbocycles. The number of carbonyl (C=O) groups excluding carboxylic acids is 1. The summed E-state index contributed by atoms with van der Waals surface area (Å²) in [4.78, 5) is 30.1. The van der Waals surface area contributed by atoms with Crippen molar-refractivity contribution in [2.45, 2.75) is 104 Å². The lowest BCUT2D eigenvalue weighted by molar-refractivity contribution is -0.142. The summed E-state index contributed by atoms with van der Waals surface area (Å²) in [5, 5.41) is 0. The topological polar surface area (TPSA) is 52.6 Å². The van der Waals surface area contributed by atoms with Crippen molar-refractivity contribution in [2.24, 2.45) is 16.7 Å². The van der Waals surface area contributed by atoms with Crippen LogP contribution in [-0.4, -0.2) is 70.4 Å². The van der Waals surface area contributed by atoms with E-state index in [1.165, 1.54) is 37.7 Å². The Morgan fingerprint density at radius 3 is 2.06 bits per heavy atom. The SMILES string of the molecule is CC(C)C(=O)C12CCC(CN(C)Cc3cnc(N4C5CCC4CN(C(C)C)C5)nc3)(CC1)CC2. The Morgan fingerprint density at radius 1 is 1.00 bits per heavy atom. The zero-order valence-electron chi connectivity index (χ0n) is 22.1. The van der Waals surface area contributed by atoms with Crippen molar-refractivity contribution < 1.29 is 4.79 Å². The molecule has 6 heteroatoms. The second-order valence-electron chi connectivity index (χ2n) is 12.7. The van der Waals surface area contributed by atoms with E-state index < -0.39 is 0 Å². The van der Waals surface area contributed by atoms with Gasteiger partial charge >= 0.3 is 0 Å². The van der Waals surface area contributed by atoms with E-state index in [1.807, 2.05) is 0 Å². The van der Waals surface area contributed by atoms with Crippen LogP contribution in [0, 0.1) is 16.7 Å². The summed E-state index contributed by atoms with van der Waals surface area (Å²) in [7, 11) is 2.24. The van der Waals surface area contributed by atoms with Crippen LogP contribution in [0.1, 0.15) is 84.6 Å². The van der Waals surface area contributed by atoms with E-state index in [9.17, 15) is 4.79 Å². The van der Waals surface area contributed by atoms with Crippen LogP contribution in [0.3, 0.4) is 0 Å². The van der Waals surface area contributed by atoms with E-state index in [2.05, 4.69) is 61.8 Å². The van der Waals surface area contributed by atoms with Gasteiger partial charge in [-0.25, -0.2) is 9.97 Å². The quantitative estimate of drug-likeness (QED) is 0.560. The summed E-state index contributed by atoms with van der Waals surface area (Å²) in [5.74, 6) is 1.61. The maximum atomic E-state index is 12.8. The summed E-state index contributed by atoms with van der Waals surface area (Å²) >= 11 is 0. The zero-order valence-corrected chi connectivity index (χ0v) is 22.1. The number of carbonyl (C=O) groups is 1. The van der Waals surface area contributed by atoms with Gasteiger partial charge in [-0.2, -0.15) is 0 Å². The Hall–Kier alpha value is -1.53. The highest BCUT2D eigenvalue weighted by Crippen LogP contribution is 2.58. The van der Waals surface area contributed by atoms with E-state index in [-0.39, 0.29) is 11.3 Å². The molecule has 2 atom stereocenters. The average Bonchev–Trinajstić information content (AvgIpc) is 3.08. The normalized spacial score (nSPS) is 33.5. The first kappa shape index (κ1) is 24.2. The molecule has 1 aromatic heterocycles. The van der Waals surface area contributed by atoms with Crippen molar-refractivity contribution in [3.63, 3.8) is 0 Å². The second kappa shape index (κ2) is 9.16. The van der Waals surface area contributed by atoms with Crippen molar-refractivity contribution in [3.8, 4) is 0 Å². The Morgan fingerprint density at radius 2 is 1.56 bits per heavy atom. The Kier molecular flexibility index (Phi) is 6.52. The first-order valence-electron chi connectivity index (χ1n) is 13.8. The van der Waals surface area contributed by atoms with E-state index in [0.29, 0.717) is 29.3 Å². The van der Waals surface area contributed by atoms with Gasteiger partial charge in [-0.1, -0.05) is 13.8 Å². The third kappa shape index (κ3) is 4.41. The molecule has 3 heterocycles. The molecule has 5 aliphatic rings. The van der Waals surface area contributed by atoms with Gasteiger partial charge in [-0.05, 0) is 77.7 Å². The molecule has 3 saturated carbocycles. The van der Waals surface area contributed by atoms with Crippen molar-refractivity contribution in [2.75, 3.05) is 31.6 Å². The number of anilines is 1. The molecule has 34 heavy (non-hydrogen) atoms. The molecule has 0 spiro atoms. The van der Waals surface area contributed by atoms with Gasteiger partial charge in [0.15, 0.2) is 0 Å². The maximum absolute atomic E-state index is 12.8. The predicted molar refractivity (Wildman–Crippen MR) is 137 cm³/mol. The largest absolute Gasteiger partial charge is 0.332 e. The van der Waals surface area contributed by atoms with E-state index in [1.54, 1.807) is 0 Å². The molecule has 6 nitrogen and oxygen atoms in total. The number of nitrogens with zero attached hydrogens (tertiary/aromatic N) is 5. The lowest BCUT2D eigenvalue weighted by Crippen LogP contribution is -2.56. The summed E-state index contributed by atoms with van der Waals surface area (Å²) in [6.07, 6.45) is 13.5. The van der Waals surface area contributed by atoms with Gasteiger partial charge in [0.05, 0.1) is 0 Å². The number of hydrogen-bond donors (Lipinski definition) is 0.